The Morgan fingerprint density at radius 1 is 0.303 bits per heavy atom. The first kappa shape index (κ1) is 44.7. The number of hydrogen-bond donors (Lipinski definition) is 0. The van der Waals surface area contributed by atoms with Gasteiger partial charge in [-0.1, -0.05) is 180 Å². The Kier molecular flexibility index (Phi) is 10.5. The summed E-state index contributed by atoms with van der Waals surface area (Å²) in [6.45, 7) is 26.7. The van der Waals surface area contributed by atoms with E-state index >= 15 is 9.59 Å². The lowest BCUT2D eigenvalue weighted by molar-refractivity contribution is 0.590. The summed E-state index contributed by atoms with van der Waals surface area (Å²) in [5.41, 5.74) is 16.0. The molecule has 4 heteroatoms. The van der Waals surface area contributed by atoms with Crippen molar-refractivity contribution in [1.82, 2.24) is 9.13 Å². The molecule has 2 aromatic heterocycles. The third-order valence-corrected chi connectivity index (χ3v) is 14.0. The Morgan fingerprint density at radius 3 is 0.818 bits per heavy atom. The molecule has 9 rings (SSSR count). The van der Waals surface area contributed by atoms with Gasteiger partial charge in [-0.25, -0.2) is 0 Å². The van der Waals surface area contributed by atoms with Crippen LogP contribution in [0.3, 0.4) is 0 Å². The van der Waals surface area contributed by atoms with E-state index in [-0.39, 0.29) is 32.5 Å². The maximum atomic E-state index is 15.3. The molecule has 0 aliphatic rings. The molecular formula is C62H64N2O2. The molecule has 66 heavy (non-hydrogen) atoms. The molecule has 7 aromatic carbocycles. The van der Waals surface area contributed by atoms with Gasteiger partial charge >= 0.3 is 0 Å². The summed E-state index contributed by atoms with van der Waals surface area (Å²) in [7, 11) is 4.06. The van der Waals surface area contributed by atoms with Gasteiger partial charge < -0.3 is 9.13 Å². The van der Waals surface area contributed by atoms with Gasteiger partial charge in [-0.2, -0.15) is 0 Å². The van der Waals surface area contributed by atoms with E-state index in [0.717, 1.165) is 66.6 Å². The van der Waals surface area contributed by atoms with Crippen LogP contribution >= 0.6 is 0 Å². The third kappa shape index (κ3) is 7.78. The van der Waals surface area contributed by atoms with Crippen LogP contribution in [-0.2, 0) is 35.8 Å². The molecule has 0 bridgehead atoms. The van der Waals surface area contributed by atoms with Gasteiger partial charge in [0.25, 0.3) is 0 Å². The molecule has 0 atom stereocenters. The highest BCUT2D eigenvalue weighted by molar-refractivity contribution is 6.10. The highest BCUT2D eigenvalue weighted by atomic mass is 16.1. The Hall–Kier alpha value is -6.52. The van der Waals surface area contributed by atoms with Gasteiger partial charge in [-0.05, 0) is 125 Å². The fourth-order valence-electron chi connectivity index (χ4n) is 9.70. The molecule has 4 nitrogen and oxygen atoms in total. The summed E-state index contributed by atoms with van der Waals surface area (Å²) < 4.78 is 4.23. The number of pyridine rings is 2. The van der Waals surface area contributed by atoms with E-state index in [4.69, 9.17) is 0 Å². The van der Waals surface area contributed by atoms with Crippen LogP contribution in [0.4, 0.5) is 0 Å². The number of aromatic nitrogens is 2. The lowest BCUT2D eigenvalue weighted by Crippen LogP contribution is -2.15. The standard InChI is InChI=1S/C62H64N2O2/c1-59(2,3)43-23-15-37(16-24-43)41-31-47(39-19-27-45(28-20-39)61(7,8)9)55-53(33-41)63(13)51-35-50-52(36-49(51)57(55)65)64(14)54-34-42(38-17-25-44(26-18-38)60(4,5)6)32-48(56(54)58(50)66)40-21-29-46(30-22-40)62(10,11)12/h15-36H,1-14H3. The van der Waals surface area contributed by atoms with Crippen molar-refractivity contribution in [2.24, 2.45) is 14.1 Å². The normalized spacial score (nSPS) is 12.8. The van der Waals surface area contributed by atoms with Gasteiger partial charge in [0.05, 0.1) is 32.8 Å². The highest BCUT2D eigenvalue weighted by Crippen LogP contribution is 2.39. The zero-order valence-electron chi connectivity index (χ0n) is 41.4. The summed E-state index contributed by atoms with van der Waals surface area (Å²) in [4.78, 5) is 30.7. The second-order valence-electron chi connectivity index (χ2n) is 22.8. The van der Waals surface area contributed by atoms with Crippen LogP contribution in [0.15, 0.2) is 143 Å². The molecule has 0 N–H and O–H groups in total. The van der Waals surface area contributed by atoms with E-state index in [2.05, 4.69) is 214 Å². The molecule has 0 saturated heterocycles. The van der Waals surface area contributed by atoms with Crippen molar-refractivity contribution < 1.29 is 0 Å². The van der Waals surface area contributed by atoms with Crippen molar-refractivity contribution in [3.8, 4) is 44.5 Å². The quantitative estimate of drug-likeness (QED) is 0.165. The van der Waals surface area contributed by atoms with Gasteiger partial charge in [-0.3, -0.25) is 9.59 Å². The second kappa shape index (κ2) is 15.5. The van der Waals surface area contributed by atoms with Crippen molar-refractivity contribution in [2.45, 2.75) is 105 Å². The first-order valence-corrected chi connectivity index (χ1v) is 23.4. The largest absolute Gasteiger partial charge is 0.343 e. The number of rotatable bonds is 4. The van der Waals surface area contributed by atoms with Crippen LogP contribution in [0.5, 0.6) is 0 Å². The van der Waals surface area contributed by atoms with E-state index in [1.165, 1.54) is 22.3 Å². The van der Waals surface area contributed by atoms with Gasteiger partial charge in [0.1, 0.15) is 0 Å². The van der Waals surface area contributed by atoms with E-state index < -0.39 is 0 Å². The Labute approximate surface area is 390 Å². The minimum Gasteiger partial charge on any atom is -0.343 e. The summed E-state index contributed by atoms with van der Waals surface area (Å²) in [6, 6.07) is 47.6. The molecule has 0 saturated carbocycles. The van der Waals surface area contributed by atoms with Gasteiger partial charge in [0.15, 0.2) is 10.9 Å². The summed E-state index contributed by atoms with van der Waals surface area (Å²) >= 11 is 0. The molecule has 0 aliphatic carbocycles. The predicted molar refractivity (Wildman–Crippen MR) is 283 cm³/mol. The number of benzene rings is 7. The molecule has 334 valence electrons. The zero-order valence-corrected chi connectivity index (χ0v) is 41.4. The first-order chi connectivity index (χ1) is 30.9. The second-order valence-corrected chi connectivity index (χ2v) is 22.8. The average molecular weight is 869 g/mol. The van der Waals surface area contributed by atoms with E-state index in [9.17, 15) is 0 Å². The van der Waals surface area contributed by atoms with Crippen LogP contribution in [0.1, 0.15) is 105 Å². The first-order valence-electron chi connectivity index (χ1n) is 23.4. The summed E-state index contributed by atoms with van der Waals surface area (Å²) in [6.07, 6.45) is 0. The maximum Gasteiger partial charge on any atom is 0.197 e. The smallest absolute Gasteiger partial charge is 0.197 e. The SMILES string of the molecule is Cn1c2cc3c(=O)c4c(-c5ccc(C(C)(C)C)cc5)cc(-c5ccc(C(C)(C)C)cc5)cc4n(C)c3cc2c(=O)c2c(-c3ccc(C(C)(C)C)cc3)cc(-c3ccc(C(C)(C)C)cc3)cc21. The van der Waals surface area contributed by atoms with Crippen LogP contribution in [0, 0.1) is 0 Å². The lowest BCUT2D eigenvalue weighted by Gasteiger charge is -2.21. The predicted octanol–water partition coefficient (Wildman–Crippen LogP) is 15.6. The van der Waals surface area contributed by atoms with Crippen molar-refractivity contribution in [3.05, 3.63) is 176 Å². The average Bonchev–Trinajstić information content (AvgIpc) is 3.27. The summed E-state index contributed by atoms with van der Waals surface area (Å²) in [5.74, 6) is 0. The molecule has 0 amide bonds. The Bertz CT molecular complexity index is 3260. The molecule has 9 aromatic rings. The Balaban J connectivity index is 1.34. The maximum absolute atomic E-state index is 15.3. The molecular weight excluding hydrogens is 805 g/mol. The number of hydrogen-bond acceptors (Lipinski definition) is 2. The minimum atomic E-state index is -0.0515. The van der Waals surface area contributed by atoms with E-state index in [0.29, 0.717) is 21.5 Å². The monoisotopic (exact) mass is 868 g/mol. The molecule has 0 fully saturated rings. The van der Waals surface area contributed by atoms with Gasteiger partial charge in [0, 0.05) is 24.9 Å². The van der Waals surface area contributed by atoms with Crippen LogP contribution < -0.4 is 10.9 Å². The fraction of sp³-hybridized carbons (Fsp3) is 0.290. The van der Waals surface area contributed by atoms with E-state index in [1.807, 2.05) is 26.2 Å². The minimum absolute atomic E-state index is 0.0138. The Morgan fingerprint density at radius 2 is 0.561 bits per heavy atom. The fourth-order valence-corrected chi connectivity index (χ4v) is 9.70. The zero-order chi connectivity index (χ0) is 47.4. The van der Waals surface area contributed by atoms with E-state index in [1.54, 1.807) is 0 Å². The molecule has 2 heterocycles. The molecule has 0 spiro atoms. The lowest BCUT2D eigenvalue weighted by atomic mass is 9.85. The topological polar surface area (TPSA) is 44.0 Å². The van der Waals surface area contributed by atoms with Crippen molar-refractivity contribution in [1.29, 1.82) is 0 Å². The number of nitrogens with zero attached hydrogens (tertiary/aromatic N) is 2. The molecule has 0 radical (unpaired) electrons. The molecule has 0 aliphatic heterocycles. The van der Waals surface area contributed by atoms with Gasteiger partial charge in [0.2, 0.25) is 0 Å². The van der Waals surface area contributed by atoms with Gasteiger partial charge in [-0.15, -0.1) is 0 Å². The number of aryl methyl sites for hydroxylation is 2. The summed E-state index contributed by atoms with van der Waals surface area (Å²) in [5, 5.41) is 2.48. The third-order valence-electron chi connectivity index (χ3n) is 14.0. The molecule has 0 unspecified atom stereocenters. The van der Waals surface area contributed by atoms with Crippen molar-refractivity contribution in [3.63, 3.8) is 0 Å². The van der Waals surface area contributed by atoms with Crippen LogP contribution in [0.25, 0.3) is 88.1 Å². The van der Waals surface area contributed by atoms with Crippen molar-refractivity contribution in [2.75, 3.05) is 0 Å². The van der Waals surface area contributed by atoms with Crippen LogP contribution in [-0.4, -0.2) is 9.13 Å². The van der Waals surface area contributed by atoms with Crippen LogP contribution in [0.2, 0.25) is 0 Å². The van der Waals surface area contributed by atoms with Crippen molar-refractivity contribution >= 4 is 43.6 Å². The number of fused-ring (bicyclic) bond motifs is 4. The highest BCUT2D eigenvalue weighted by Gasteiger charge is 2.23.